The molecule has 0 radical (unpaired) electrons. The highest BCUT2D eigenvalue weighted by Crippen LogP contribution is 2.47. The van der Waals surface area contributed by atoms with E-state index in [1.165, 1.54) is 11.0 Å². The number of hydrogen-bond acceptors (Lipinski definition) is 4. The van der Waals surface area contributed by atoms with E-state index in [0.29, 0.717) is 24.0 Å². The van der Waals surface area contributed by atoms with Crippen molar-refractivity contribution in [2.24, 2.45) is 5.92 Å². The maximum Gasteiger partial charge on any atom is 0.246 e. The van der Waals surface area contributed by atoms with Gasteiger partial charge in [0, 0.05) is 25.1 Å². The number of carbonyl (C=O) groups excluding carboxylic acids is 1. The highest BCUT2D eigenvalue weighted by molar-refractivity contribution is 7.91. The Morgan fingerprint density at radius 3 is 2.73 bits per heavy atom. The summed E-state index contributed by atoms with van der Waals surface area (Å²) in [4.78, 5) is 13.6. The van der Waals surface area contributed by atoms with Crippen LogP contribution < -0.4 is 0 Å². The average Bonchev–Trinajstić information content (AvgIpc) is 2.89. The molecule has 2 aliphatic rings. The summed E-state index contributed by atoms with van der Waals surface area (Å²) in [6.45, 7) is 2.19. The molecular weight excluding hydrogens is 302 g/mol. The highest BCUT2D eigenvalue weighted by Gasteiger charge is 2.36. The molecule has 1 saturated carbocycles. The van der Waals surface area contributed by atoms with Gasteiger partial charge in [0.2, 0.25) is 5.91 Å². The molecule has 0 unspecified atom stereocenters. The molecule has 1 aromatic rings. The van der Waals surface area contributed by atoms with Gasteiger partial charge in [-0.1, -0.05) is 6.92 Å². The zero-order valence-electron chi connectivity index (χ0n) is 12.9. The van der Waals surface area contributed by atoms with Gasteiger partial charge in [0.15, 0.2) is 9.84 Å². The van der Waals surface area contributed by atoms with Crippen LogP contribution in [0.15, 0.2) is 22.6 Å². The highest BCUT2D eigenvalue weighted by atomic mass is 32.2. The van der Waals surface area contributed by atoms with E-state index in [0.717, 1.165) is 12.2 Å². The Morgan fingerprint density at radius 1 is 1.41 bits per heavy atom. The number of furan rings is 1. The van der Waals surface area contributed by atoms with Crippen molar-refractivity contribution in [3.8, 4) is 0 Å². The van der Waals surface area contributed by atoms with Crippen LogP contribution in [0.2, 0.25) is 0 Å². The van der Waals surface area contributed by atoms with Gasteiger partial charge in [0.1, 0.15) is 11.5 Å². The second-order valence-corrected chi connectivity index (χ2v) is 8.63. The molecule has 120 valence electrons. The maximum absolute atomic E-state index is 12.1. The van der Waals surface area contributed by atoms with E-state index >= 15 is 0 Å². The van der Waals surface area contributed by atoms with E-state index in [-0.39, 0.29) is 23.5 Å². The van der Waals surface area contributed by atoms with Gasteiger partial charge < -0.3 is 9.32 Å². The lowest BCUT2D eigenvalue weighted by molar-refractivity contribution is -0.126. The van der Waals surface area contributed by atoms with E-state index < -0.39 is 9.84 Å². The van der Waals surface area contributed by atoms with Crippen LogP contribution in [0.4, 0.5) is 0 Å². The number of likely N-dealkylation sites (N-methyl/N-ethyl adjacent to an activating group) is 1. The van der Waals surface area contributed by atoms with Crippen LogP contribution in [-0.4, -0.2) is 43.8 Å². The first-order valence-corrected chi connectivity index (χ1v) is 9.43. The van der Waals surface area contributed by atoms with Crippen molar-refractivity contribution in [1.82, 2.24) is 4.90 Å². The molecule has 0 aromatic carbocycles. The number of sulfone groups is 1. The molecule has 1 aliphatic heterocycles. The second-order valence-electron chi connectivity index (χ2n) is 6.40. The second kappa shape index (κ2) is 5.57. The van der Waals surface area contributed by atoms with Gasteiger partial charge in [0.25, 0.3) is 0 Å². The summed E-state index contributed by atoms with van der Waals surface area (Å²) in [5, 5.41) is 0. The fraction of sp³-hybridized carbons (Fsp3) is 0.562. The van der Waals surface area contributed by atoms with Crippen LogP contribution in [0.1, 0.15) is 37.2 Å². The van der Waals surface area contributed by atoms with Crippen LogP contribution in [0.5, 0.6) is 0 Å². The van der Waals surface area contributed by atoms with Crippen molar-refractivity contribution in [1.29, 1.82) is 0 Å². The first-order chi connectivity index (χ1) is 10.4. The van der Waals surface area contributed by atoms with Crippen molar-refractivity contribution >= 4 is 21.8 Å². The summed E-state index contributed by atoms with van der Waals surface area (Å²) in [5.74, 6) is 2.88. The van der Waals surface area contributed by atoms with Gasteiger partial charge in [-0.3, -0.25) is 4.79 Å². The largest absolute Gasteiger partial charge is 0.461 e. The molecule has 2 heterocycles. The number of amides is 1. The first kappa shape index (κ1) is 15.3. The SMILES string of the molecule is C[C@@H]1C[C@@H]1c1ccc(/C=C\C(=O)N(C)[C@H]2CCS(=O)(=O)C2)o1. The van der Waals surface area contributed by atoms with E-state index in [2.05, 4.69) is 6.92 Å². The molecule has 5 nitrogen and oxygen atoms in total. The molecule has 3 rings (SSSR count). The average molecular weight is 323 g/mol. The fourth-order valence-electron chi connectivity index (χ4n) is 2.91. The Morgan fingerprint density at radius 2 is 2.14 bits per heavy atom. The van der Waals surface area contributed by atoms with Gasteiger partial charge in [-0.25, -0.2) is 8.42 Å². The smallest absolute Gasteiger partial charge is 0.246 e. The molecule has 1 saturated heterocycles. The number of nitrogens with zero attached hydrogens (tertiary/aromatic N) is 1. The quantitative estimate of drug-likeness (QED) is 0.796. The molecular formula is C16H21NO4S. The summed E-state index contributed by atoms with van der Waals surface area (Å²) < 4.78 is 28.7. The summed E-state index contributed by atoms with van der Waals surface area (Å²) in [6, 6.07) is 3.61. The monoisotopic (exact) mass is 323 g/mol. The van der Waals surface area contributed by atoms with Gasteiger partial charge in [0.05, 0.1) is 11.5 Å². The minimum absolute atomic E-state index is 0.0630. The van der Waals surface area contributed by atoms with Gasteiger partial charge >= 0.3 is 0 Å². The van der Waals surface area contributed by atoms with Crippen LogP contribution in [-0.2, 0) is 14.6 Å². The van der Waals surface area contributed by atoms with Crippen molar-refractivity contribution in [3.05, 3.63) is 29.7 Å². The zero-order chi connectivity index (χ0) is 15.9. The molecule has 2 fully saturated rings. The third-order valence-corrected chi connectivity index (χ3v) is 6.37. The van der Waals surface area contributed by atoms with E-state index in [9.17, 15) is 13.2 Å². The van der Waals surface area contributed by atoms with Crippen molar-refractivity contribution in [2.45, 2.75) is 31.7 Å². The Bertz CT molecular complexity index is 703. The molecule has 3 atom stereocenters. The number of hydrogen-bond donors (Lipinski definition) is 0. The van der Waals surface area contributed by atoms with Crippen molar-refractivity contribution < 1.29 is 17.6 Å². The first-order valence-electron chi connectivity index (χ1n) is 7.61. The normalized spacial score (nSPS) is 29.8. The predicted octanol–water partition coefficient (Wildman–Crippen LogP) is 2.06. The van der Waals surface area contributed by atoms with Crippen LogP contribution in [0.25, 0.3) is 6.08 Å². The summed E-state index contributed by atoms with van der Waals surface area (Å²) in [6.07, 6.45) is 4.78. The molecule has 0 spiro atoms. The van der Waals surface area contributed by atoms with Gasteiger partial charge in [-0.15, -0.1) is 0 Å². The Hall–Kier alpha value is -1.56. The summed E-state index contributed by atoms with van der Waals surface area (Å²) in [5.41, 5.74) is 0. The fourth-order valence-corrected chi connectivity index (χ4v) is 4.68. The van der Waals surface area contributed by atoms with Crippen LogP contribution >= 0.6 is 0 Å². The molecule has 22 heavy (non-hydrogen) atoms. The summed E-state index contributed by atoms with van der Waals surface area (Å²) >= 11 is 0. The topological polar surface area (TPSA) is 67.6 Å². The standard InChI is InChI=1S/C16H21NO4S/c1-11-9-14(11)15-5-3-13(21-15)4-6-16(18)17(2)12-7-8-22(19,20)10-12/h3-6,11-12,14H,7-10H2,1-2H3/b6-4-/t11-,12+,14+/m1/s1. The molecule has 0 bridgehead atoms. The minimum atomic E-state index is -2.98. The van der Waals surface area contributed by atoms with Gasteiger partial charge in [-0.2, -0.15) is 0 Å². The Balaban J connectivity index is 1.60. The maximum atomic E-state index is 12.1. The molecule has 1 aliphatic carbocycles. The number of rotatable bonds is 4. The molecule has 1 aromatic heterocycles. The van der Waals surface area contributed by atoms with Gasteiger partial charge in [-0.05, 0) is 37.0 Å². The molecule has 0 N–H and O–H groups in total. The van der Waals surface area contributed by atoms with E-state index in [1.54, 1.807) is 13.1 Å². The number of carbonyl (C=O) groups is 1. The van der Waals surface area contributed by atoms with Crippen LogP contribution in [0.3, 0.4) is 0 Å². The lowest BCUT2D eigenvalue weighted by atomic mass is 10.2. The summed E-state index contributed by atoms with van der Waals surface area (Å²) in [7, 11) is -1.33. The minimum Gasteiger partial charge on any atom is -0.461 e. The third kappa shape index (κ3) is 3.27. The van der Waals surface area contributed by atoms with Crippen molar-refractivity contribution in [2.75, 3.05) is 18.6 Å². The predicted molar refractivity (Wildman–Crippen MR) is 84.1 cm³/mol. The van der Waals surface area contributed by atoms with Crippen molar-refractivity contribution in [3.63, 3.8) is 0 Å². The third-order valence-electron chi connectivity index (χ3n) is 4.62. The molecule has 1 amide bonds. The Kier molecular flexibility index (Phi) is 3.89. The van der Waals surface area contributed by atoms with E-state index in [1.807, 2.05) is 12.1 Å². The van der Waals surface area contributed by atoms with Crippen LogP contribution in [0, 0.1) is 5.92 Å². The lowest BCUT2D eigenvalue weighted by Crippen LogP contribution is -2.36. The Labute approximate surface area is 130 Å². The lowest BCUT2D eigenvalue weighted by Gasteiger charge is -2.21. The molecule has 6 heteroatoms. The zero-order valence-corrected chi connectivity index (χ0v) is 13.7. The van der Waals surface area contributed by atoms with E-state index in [4.69, 9.17) is 4.42 Å².